The normalized spacial score (nSPS) is 16.3. The van der Waals surface area contributed by atoms with E-state index >= 15 is 0 Å². The summed E-state index contributed by atoms with van der Waals surface area (Å²) in [5.41, 5.74) is 1.47. The van der Waals surface area contributed by atoms with Gasteiger partial charge in [0.1, 0.15) is 0 Å². The maximum absolute atomic E-state index is 12.0. The summed E-state index contributed by atoms with van der Waals surface area (Å²) >= 11 is 0. The van der Waals surface area contributed by atoms with Crippen molar-refractivity contribution in [1.82, 2.24) is 20.0 Å². The zero-order chi connectivity index (χ0) is 14.4. The van der Waals surface area contributed by atoms with E-state index in [-0.39, 0.29) is 5.91 Å². The van der Waals surface area contributed by atoms with Gasteiger partial charge in [0, 0.05) is 32.4 Å². The second kappa shape index (κ2) is 7.40. The minimum absolute atomic E-state index is 0.0239. The molecule has 0 radical (unpaired) electrons. The molecule has 1 N–H and O–H groups in total. The van der Waals surface area contributed by atoms with Crippen molar-refractivity contribution >= 4 is 5.91 Å². The Hall–Kier alpha value is -1.40. The number of nitrogens with zero attached hydrogens (tertiary/aromatic N) is 3. The summed E-state index contributed by atoms with van der Waals surface area (Å²) in [5.74, 6) is -0.0239. The third-order valence-corrected chi connectivity index (χ3v) is 3.56. The fourth-order valence-electron chi connectivity index (χ4n) is 2.33. The number of hydrogen-bond acceptors (Lipinski definition) is 4. The lowest BCUT2D eigenvalue weighted by atomic mass is 10.2. The SMILES string of the molecule is CCn1cc(C(=O)NCCCN2CCOCC2)c(C)n1. The summed E-state index contributed by atoms with van der Waals surface area (Å²) < 4.78 is 7.10. The molecule has 1 aromatic rings. The number of carbonyl (C=O) groups excluding carboxylic acids is 1. The number of carbonyl (C=O) groups is 1. The van der Waals surface area contributed by atoms with Crippen LogP contribution in [0.25, 0.3) is 0 Å². The van der Waals surface area contributed by atoms with Crippen molar-refractivity contribution in [1.29, 1.82) is 0 Å². The van der Waals surface area contributed by atoms with Crippen LogP contribution in [-0.2, 0) is 11.3 Å². The average Bonchev–Trinajstić information content (AvgIpc) is 2.86. The topological polar surface area (TPSA) is 59.4 Å². The molecule has 0 aliphatic carbocycles. The van der Waals surface area contributed by atoms with Gasteiger partial charge in [-0.05, 0) is 26.8 Å². The van der Waals surface area contributed by atoms with Gasteiger partial charge in [0.2, 0.25) is 0 Å². The summed E-state index contributed by atoms with van der Waals surface area (Å²) in [6.45, 7) is 10.0. The molecule has 0 unspecified atom stereocenters. The first-order valence-electron chi connectivity index (χ1n) is 7.33. The molecule has 1 aliphatic heterocycles. The third kappa shape index (κ3) is 4.05. The third-order valence-electron chi connectivity index (χ3n) is 3.56. The molecule has 0 atom stereocenters. The van der Waals surface area contributed by atoms with Crippen LogP contribution in [0.1, 0.15) is 29.4 Å². The fourth-order valence-corrected chi connectivity index (χ4v) is 2.33. The molecule has 0 saturated carbocycles. The Morgan fingerprint density at radius 2 is 2.20 bits per heavy atom. The van der Waals surface area contributed by atoms with Crippen LogP contribution >= 0.6 is 0 Å². The van der Waals surface area contributed by atoms with Gasteiger partial charge in [0.25, 0.3) is 5.91 Å². The number of rotatable bonds is 6. The maximum Gasteiger partial charge on any atom is 0.254 e. The van der Waals surface area contributed by atoms with Gasteiger partial charge in [-0.2, -0.15) is 5.10 Å². The van der Waals surface area contributed by atoms with E-state index in [4.69, 9.17) is 4.74 Å². The number of aromatic nitrogens is 2. The van der Waals surface area contributed by atoms with Gasteiger partial charge in [-0.1, -0.05) is 0 Å². The van der Waals surface area contributed by atoms with E-state index in [0.717, 1.165) is 51.5 Å². The Morgan fingerprint density at radius 1 is 1.45 bits per heavy atom. The van der Waals surface area contributed by atoms with Crippen LogP contribution in [0.15, 0.2) is 6.20 Å². The lowest BCUT2D eigenvalue weighted by Gasteiger charge is -2.26. The fraction of sp³-hybridized carbons (Fsp3) is 0.714. The lowest BCUT2D eigenvalue weighted by molar-refractivity contribution is 0.0374. The van der Waals surface area contributed by atoms with Crippen LogP contribution in [-0.4, -0.2) is 60.0 Å². The van der Waals surface area contributed by atoms with Gasteiger partial charge in [-0.15, -0.1) is 0 Å². The number of hydrogen-bond donors (Lipinski definition) is 1. The van der Waals surface area contributed by atoms with Crippen LogP contribution in [0.4, 0.5) is 0 Å². The Labute approximate surface area is 120 Å². The predicted octanol–water partition coefficient (Wildman–Crippen LogP) is 0.664. The van der Waals surface area contributed by atoms with Crippen molar-refractivity contribution in [2.24, 2.45) is 0 Å². The van der Waals surface area contributed by atoms with E-state index in [2.05, 4.69) is 15.3 Å². The molecule has 1 fully saturated rings. The van der Waals surface area contributed by atoms with Gasteiger partial charge in [-0.3, -0.25) is 14.4 Å². The average molecular weight is 280 g/mol. The standard InChI is InChI=1S/C14H24N4O2/c1-3-18-11-13(12(2)16-18)14(19)15-5-4-6-17-7-9-20-10-8-17/h11H,3-10H2,1-2H3,(H,15,19). The second-order valence-electron chi connectivity index (χ2n) is 5.05. The van der Waals surface area contributed by atoms with Crippen molar-refractivity contribution in [2.45, 2.75) is 26.8 Å². The molecule has 2 heterocycles. The van der Waals surface area contributed by atoms with Crippen molar-refractivity contribution in [2.75, 3.05) is 39.4 Å². The highest BCUT2D eigenvalue weighted by atomic mass is 16.5. The smallest absolute Gasteiger partial charge is 0.254 e. The molecule has 0 bridgehead atoms. The lowest BCUT2D eigenvalue weighted by Crippen LogP contribution is -2.38. The van der Waals surface area contributed by atoms with Crippen LogP contribution in [0.2, 0.25) is 0 Å². The second-order valence-corrected chi connectivity index (χ2v) is 5.05. The van der Waals surface area contributed by atoms with E-state index in [1.165, 1.54) is 0 Å². The minimum atomic E-state index is -0.0239. The molecule has 0 aromatic carbocycles. The highest BCUT2D eigenvalue weighted by Crippen LogP contribution is 2.05. The molecule has 1 aliphatic rings. The largest absolute Gasteiger partial charge is 0.379 e. The highest BCUT2D eigenvalue weighted by Gasteiger charge is 2.13. The number of amides is 1. The molecule has 1 amide bonds. The van der Waals surface area contributed by atoms with E-state index in [9.17, 15) is 4.79 Å². The Bertz CT molecular complexity index is 438. The van der Waals surface area contributed by atoms with Crippen molar-refractivity contribution in [3.05, 3.63) is 17.5 Å². The Kier molecular flexibility index (Phi) is 5.55. The van der Waals surface area contributed by atoms with E-state index in [0.29, 0.717) is 12.1 Å². The highest BCUT2D eigenvalue weighted by molar-refractivity contribution is 5.94. The summed E-state index contributed by atoms with van der Waals surface area (Å²) in [7, 11) is 0. The molecule has 1 aromatic heterocycles. The van der Waals surface area contributed by atoms with Crippen molar-refractivity contribution < 1.29 is 9.53 Å². The summed E-state index contributed by atoms with van der Waals surface area (Å²) in [6.07, 6.45) is 2.78. The van der Waals surface area contributed by atoms with Crippen molar-refractivity contribution in [3.8, 4) is 0 Å². The van der Waals surface area contributed by atoms with Crippen LogP contribution < -0.4 is 5.32 Å². The van der Waals surface area contributed by atoms with Crippen LogP contribution in [0, 0.1) is 6.92 Å². The maximum atomic E-state index is 12.0. The zero-order valence-corrected chi connectivity index (χ0v) is 12.4. The first-order chi connectivity index (χ1) is 9.70. The summed E-state index contributed by atoms with van der Waals surface area (Å²) in [5, 5.41) is 7.25. The van der Waals surface area contributed by atoms with Gasteiger partial charge in [-0.25, -0.2) is 0 Å². The molecular formula is C14H24N4O2. The predicted molar refractivity (Wildman–Crippen MR) is 76.8 cm³/mol. The van der Waals surface area contributed by atoms with E-state index in [1.807, 2.05) is 20.0 Å². The Morgan fingerprint density at radius 3 is 2.85 bits per heavy atom. The number of aryl methyl sites for hydroxylation is 2. The molecular weight excluding hydrogens is 256 g/mol. The first kappa shape index (κ1) is 15.0. The molecule has 2 rings (SSSR count). The summed E-state index contributed by atoms with van der Waals surface area (Å²) in [6, 6.07) is 0. The number of morpholine rings is 1. The molecule has 6 heteroatoms. The van der Waals surface area contributed by atoms with Gasteiger partial charge >= 0.3 is 0 Å². The van der Waals surface area contributed by atoms with E-state index < -0.39 is 0 Å². The minimum Gasteiger partial charge on any atom is -0.379 e. The molecule has 0 spiro atoms. The number of ether oxygens (including phenoxy) is 1. The van der Waals surface area contributed by atoms with Gasteiger partial charge in [0.15, 0.2) is 0 Å². The monoisotopic (exact) mass is 280 g/mol. The molecule has 1 saturated heterocycles. The Balaban J connectivity index is 1.70. The molecule has 20 heavy (non-hydrogen) atoms. The van der Waals surface area contributed by atoms with Gasteiger partial charge in [0.05, 0.1) is 24.5 Å². The van der Waals surface area contributed by atoms with E-state index in [1.54, 1.807) is 4.68 Å². The number of nitrogens with one attached hydrogen (secondary N) is 1. The first-order valence-corrected chi connectivity index (χ1v) is 7.33. The zero-order valence-electron chi connectivity index (χ0n) is 12.4. The molecule has 112 valence electrons. The van der Waals surface area contributed by atoms with Crippen molar-refractivity contribution in [3.63, 3.8) is 0 Å². The molecule has 6 nitrogen and oxygen atoms in total. The summed E-state index contributed by atoms with van der Waals surface area (Å²) in [4.78, 5) is 14.4. The van der Waals surface area contributed by atoms with Crippen LogP contribution in [0.5, 0.6) is 0 Å². The quantitative estimate of drug-likeness (QED) is 0.778. The van der Waals surface area contributed by atoms with Crippen LogP contribution in [0.3, 0.4) is 0 Å². The van der Waals surface area contributed by atoms with Gasteiger partial charge < -0.3 is 10.1 Å².